The van der Waals surface area contributed by atoms with Gasteiger partial charge in [-0.05, 0) is 32.8 Å². The summed E-state index contributed by atoms with van der Waals surface area (Å²) in [6.07, 6.45) is 0.455. The number of aryl methyl sites for hydroxylation is 1. The summed E-state index contributed by atoms with van der Waals surface area (Å²) in [5.74, 6) is 0. The SMILES string of the molecule is CCOC(OCC)C(N)Cc1ccc(C)cc1. The van der Waals surface area contributed by atoms with Gasteiger partial charge in [-0.1, -0.05) is 29.8 Å². The molecule has 96 valence electrons. The minimum Gasteiger partial charge on any atom is -0.351 e. The van der Waals surface area contributed by atoms with E-state index in [2.05, 4.69) is 31.2 Å². The molecule has 2 N–H and O–H groups in total. The van der Waals surface area contributed by atoms with E-state index in [0.717, 1.165) is 6.42 Å². The molecule has 0 radical (unpaired) electrons. The van der Waals surface area contributed by atoms with Crippen LogP contribution >= 0.6 is 0 Å². The van der Waals surface area contributed by atoms with E-state index in [9.17, 15) is 0 Å². The Bertz CT molecular complexity index is 305. The first-order chi connectivity index (χ1) is 8.17. The molecule has 0 bridgehead atoms. The molecule has 0 fully saturated rings. The number of hydrogen-bond donors (Lipinski definition) is 1. The van der Waals surface area contributed by atoms with Gasteiger partial charge < -0.3 is 15.2 Å². The first-order valence-corrected chi connectivity index (χ1v) is 6.21. The molecule has 1 atom stereocenters. The molecule has 0 saturated carbocycles. The lowest BCUT2D eigenvalue weighted by molar-refractivity contribution is -0.148. The van der Waals surface area contributed by atoms with Crippen LogP contribution in [0.4, 0.5) is 0 Å². The fourth-order valence-corrected chi connectivity index (χ4v) is 1.72. The summed E-state index contributed by atoms with van der Waals surface area (Å²) in [4.78, 5) is 0. The highest BCUT2D eigenvalue weighted by atomic mass is 16.7. The van der Waals surface area contributed by atoms with Crippen LogP contribution in [0.25, 0.3) is 0 Å². The van der Waals surface area contributed by atoms with Gasteiger partial charge in [0.05, 0.1) is 6.04 Å². The minimum absolute atomic E-state index is 0.127. The molecule has 3 nitrogen and oxygen atoms in total. The lowest BCUT2D eigenvalue weighted by Crippen LogP contribution is -2.40. The van der Waals surface area contributed by atoms with Crippen molar-refractivity contribution in [3.05, 3.63) is 35.4 Å². The van der Waals surface area contributed by atoms with Crippen molar-refractivity contribution in [1.82, 2.24) is 0 Å². The van der Waals surface area contributed by atoms with Gasteiger partial charge in [0.15, 0.2) is 6.29 Å². The lowest BCUT2D eigenvalue weighted by Gasteiger charge is -2.23. The van der Waals surface area contributed by atoms with Crippen LogP contribution in [-0.2, 0) is 15.9 Å². The quantitative estimate of drug-likeness (QED) is 0.740. The van der Waals surface area contributed by atoms with Crippen LogP contribution in [0, 0.1) is 6.92 Å². The third-order valence-corrected chi connectivity index (χ3v) is 2.60. The molecule has 1 rings (SSSR count). The zero-order valence-electron chi connectivity index (χ0n) is 11.0. The summed E-state index contributed by atoms with van der Waals surface area (Å²) < 4.78 is 11.0. The molecular weight excluding hydrogens is 214 g/mol. The maximum absolute atomic E-state index is 6.11. The summed E-state index contributed by atoms with van der Waals surface area (Å²) in [6.45, 7) is 7.21. The van der Waals surface area contributed by atoms with Crippen LogP contribution in [-0.4, -0.2) is 25.5 Å². The van der Waals surface area contributed by atoms with Crippen LogP contribution in [0.5, 0.6) is 0 Å². The average Bonchev–Trinajstić information content (AvgIpc) is 2.32. The molecule has 0 aliphatic heterocycles. The molecule has 1 aromatic carbocycles. The van der Waals surface area contributed by atoms with Gasteiger partial charge in [-0.3, -0.25) is 0 Å². The second-order valence-corrected chi connectivity index (χ2v) is 4.13. The molecule has 0 spiro atoms. The Morgan fingerprint density at radius 2 is 1.59 bits per heavy atom. The fourth-order valence-electron chi connectivity index (χ4n) is 1.72. The zero-order chi connectivity index (χ0) is 12.7. The van der Waals surface area contributed by atoms with E-state index < -0.39 is 0 Å². The second kappa shape index (κ2) is 7.43. The largest absolute Gasteiger partial charge is 0.351 e. The second-order valence-electron chi connectivity index (χ2n) is 4.13. The molecule has 1 aromatic rings. The van der Waals surface area contributed by atoms with Crippen molar-refractivity contribution in [2.24, 2.45) is 5.73 Å². The molecular formula is C14H23NO2. The fraction of sp³-hybridized carbons (Fsp3) is 0.571. The van der Waals surface area contributed by atoms with Gasteiger partial charge in [0, 0.05) is 13.2 Å². The Hall–Kier alpha value is -0.900. The smallest absolute Gasteiger partial charge is 0.172 e. The van der Waals surface area contributed by atoms with Crippen molar-refractivity contribution in [3.8, 4) is 0 Å². The van der Waals surface area contributed by atoms with Gasteiger partial charge in [0.2, 0.25) is 0 Å². The summed E-state index contributed by atoms with van der Waals surface area (Å²) in [7, 11) is 0. The molecule has 0 amide bonds. The van der Waals surface area contributed by atoms with Crippen molar-refractivity contribution in [2.45, 2.75) is 39.5 Å². The Morgan fingerprint density at radius 3 is 2.06 bits per heavy atom. The molecule has 3 heteroatoms. The lowest BCUT2D eigenvalue weighted by atomic mass is 10.0. The Morgan fingerprint density at radius 1 is 1.06 bits per heavy atom. The van der Waals surface area contributed by atoms with Crippen molar-refractivity contribution in [1.29, 1.82) is 0 Å². The molecule has 0 aliphatic rings. The van der Waals surface area contributed by atoms with E-state index in [0.29, 0.717) is 13.2 Å². The highest BCUT2D eigenvalue weighted by Crippen LogP contribution is 2.09. The van der Waals surface area contributed by atoms with Crippen LogP contribution in [0.3, 0.4) is 0 Å². The van der Waals surface area contributed by atoms with Crippen molar-refractivity contribution >= 4 is 0 Å². The molecule has 1 unspecified atom stereocenters. The maximum Gasteiger partial charge on any atom is 0.172 e. The van der Waals surface area contributed by atoms with Crippen molar-refractivity contribution < 1.29 is 9.47 Å². The molecule has 0 saturated heterocycles. The van der Waals surface area contributed by atoms with Crippen LogP contribution in [0.15, 0.2) is 24.3 Å². The van der Waals surface area contributed by atoms with Gasteiger partial charge in [-0.2, -0.15) is 0 Å². The van der Waals surface area contributed by atoms with Gasteiger partial charge >= 0.3 is 0 Å². The van der Waals surface area contributed by atoms with Crippen LogP contribution < -0.4 is 5.73 Å². The monoisotopic (exact) mass is 237 g/mol. The zero-order valence-corrected chi connectivity index (χ0v) is 11.0. The molecule has 0 heterocycles. The van der Waals surface area contributed by atoms with Crippen LogP contribution in [0.1, 0.15) is 25.0 Å². The first-order valence-electron chi connectivity index (χ1n) is 6.21. The Kier molecular flexibility index (Phi) is 6.19. The number of nitrogens with two attached hydrogens (primary N) is 1. The third-order valence-electron chi connectivity index (χ3n) is 2.60. The molecule has 0 aromatic heterocycles. The molecule has 0 aliphatic carbocycles. The third kappa shape index (κ3) is 4.86. The normalized spacial score (nSPS) is 13.0. The number of ether oxygens (including phenoxy) is 2. The molecule has 17 heavy (non-hydrogen) atoms. The standard InChI is InChI=1S/C14H23NO2/c1-4-16-14(17-5-2)13(15)10-12-8-6-11(3)7-9-12/h6-9,13-14H,4-5,10,15H2,1-3H3. The summed E-state index contributed by atoms with van der Waals surface area (Å²) in [5, 5.41) is 0. The summed E-state index contributed by atoms with van der Waals surface area (Å²) in [6, 6.07) is 8.27. The van der Waals surface area contributed by atoms with Gasteiger partial charge in [0.25, 0.3) is 0 Å². The Balaban J connectivity index is 2.55. The van der Waals surface area contributed by atoms with E-state index >= 15 is 0 Å². The van der Waals surface area contributed by atoms with E-state index in [-0.39, 0.29) is 12.3 Å². The van der Waals surface area contributed by atoms with E-state index in [1.165, 1.54) is 11.1 Å². The van der Waals surface area contributed by atoms with Crippen LogP contribution in [0.2, 0.25) is 0 Å². The van der Waals surface area contributed by atoms with E-state index in [4.69, 9.17) is 15.2 Å². The predicted molar refractivity (Wildman–Crippen MR) is 69.9 cm³/mol. The highest BCUT2D eigenvalue weighted by Gasteiger charge is 2.18. The van der Waals surface area contributed by atoms with Crippen molar-refractivity contribution in [3.63, 3.8) is 0 Å². The van der Waals surface area contributed by atoms with E-state index in [1.807, 2.05) is 13.8 Å². The number of rotatable bonds is 7. The van der Waals surface area contributed by atoms with Gasteiger partial charge in [-0.25, -0.2) is 0 Å². The van der Waals surface area contributed by atoms with Gasteiger partial charge in [0.1, 0.15) is 0 Å². The maximum atomic E-state index is 6.11. The first kappa shape index (κ1) is 14.2. The number of hydrogen-bond acceptors (Lipinski definition) is 3. The average molecular weight is 237 g/mol. The topological polar surface area (TPSA) is 44.5 Å². The highest BCUT2D eigenvalue weighted by molar-refractivity contribution is 5.22. The predicted octanol–water partition coefficient (Wildman–Crippen LogP) is 2.26. The minimum atomic E-state index is -0.314. The summed E-state index contributed by atoms with van der Waals surface area (Å²) >= 11 is 0. The number of benzene rings is 1. The van der Waals surface area contributed by atoms with Gasteiger partial charge in [-0.15, -0.1) is 0 Å². The Labute approximate surface area is 104 Å². The van der Waals surface area contributed by atoms with E-state index in [1.54, 1.807) is 0 Å². The summed E-state index contributed by atoms with van der Waals surface area (Å²) in [5.41, 5.74) is 8.58. The van der Waals surface area contributed by atoms with Crippen molar-refractivity contribution in [2.75, 3.05) is 13.2 Å².